The molecule has 1 aromatic carbocycles. The molecule has 0 saturated carbocycles. The lowest BCUT2D eigenvalue weighted by molar-refractivity contribution is -0.0434. The van der Waals surface area contributed by atoms with E-state index in [-0.39, 0.29) is 6.73 Å². The number of hydrogen-bond donors (Lipinski definition) is 5. The highest BCUT2D eigenvalue weighted by Crippen LogP contribution is 2.40. The van der Waals surface area contributed by atoms with Crippen molar-refractivity contribution in [1.82, 2.24) is 29.7 Å². The van der Waals surface area contributed by atoms with Crippen molar-refractivity contribution in [3.63, 3.8) is 0 Å². The van der Waals surface area contributed by atoms with Crippen molar-refractivity contribution in [1.29, 1.82) is 0 Å². The van der Waals surface area contributed by atoms with Gasteiger partial charge in [-0.05, 0) is 30.5 Å². The summed E-state index contributed by atoms with van der Waals surface area (Å²) in [6, 6.07) is 17.3. The van der Waals surface area contributed by atoms with Crippen molar-refractivity contribution in [2.75, 3.05) is 41.9 Å². The van der Waals surface area contributed by atoms with Gasteiger partial charge in [-0.2, -0.15) is 9.97 Å². The molecular formula is C30H35N9O5. The smallest absolute Gasteiger partial charge is 0.226 e. The van der Waals surface area contributed by atoms with E-state index < -0.39 is 24.5 Å². The molecule has 1 saturated heterocycles. The monoisotopic (exact) mass is 601 g/mol. The number of ether oxygens (including phenoxy) is 1. The van der Waals surface area contributed by atoms with Gasteiger partial charge in [-0.15, -0.1) is 0 Å². The van der Waals surface area contributed by atoms with Crippen LogP contribution in [0, 0.1) is 0 Å². The van der Waals surface area contributed by atoms with Crippen molar-refractivity contribution in [3.05, 3.63) is 84.1 Å². The minimum Gasteiger partial charge on any atom is -0.387 e. The second kappa shape index (κ2) is 13.3. The van der Waals surface area contributed by atoms with Gasteiger partial charge in [0.05, 0.1) is 12.0 Å². The standard InChI is InChI=1S/C30H35N9O5/c1-2-20-16-21(44-37-20)26-24(41)25(42)29(43-26)39-17-34-23-27(38(18-40)15-11-19-8-4-3-5-9-19)35-30(36-28(23)39)33-14-13-32-22-10-6-7-12-31-22/h3-10,12,16-17,24-26,29,40-42H,2,11,13-15,18H2,1H3,(H,31,32)(H,33,35,36)/t24-,25+,26+,29+/m0/s1. The van der Waals surface area contributed by atoms with Crippen LogP contribution in [0.15, 0.2) is 71.6 Å². The lowest BCUT2D eigenvalue weighted by Gasteiger charge is -2.22. The van der Waals surface area contributed by atoms with Gasteiger partial charge in [0.15, 0.2) is 29.0 Å². The number of aryl methyl sites for hydroxylation is 1. The Kier molecular flexibility index (Phi) is 8.93. The van der Waals surface area contributed by atoms with Crippen LogP contribution in [0.2, 0.25) is 0 Å². The van der Waals surface area contributed by atoms with E-state index in [1.165, 1.54) is 6.33 Å². The third-order valence-corrected chi connectivity index (χ3v) is 7.50. The number of hydrogen-bond acceptors (Lipinski definition) is 13. The molecule has 0 radical (unpaired) electrons. The Balaban J connectivity index is 1.29. The van der Waals surface area contributed by atoms with E-state index in [0.717, 1.165) is 11.4 Å². The van der Waals surface area contributed by atoms with Gasteiger partial charge in [-0.3, -0.25) is 4.57 Å². The van der Waals surface area contributed by atoms with E-state index in [9.17, 15) is 15.3 Å². The minimum absolute atomic E-state index is 0.294. The zero-order chi connectivity index (χ0) is 30.5. The number of aliphatic hydroxyl groups is 3. The molecule has 4 atom stereocenters. The first-order chi connectivity index (χ1) is 21.6. The van der Waals surface area contributed by atoms with Crippen LogP contribution in [-0.4, -0.2) is 83.6 Å². The van der Waals surface area contributed by atoms with Crippen LogP contribution in [0.5, 0.6) is 0 Å². The average molecular weight is 602 g/mol. The highest BCUT2D eigenvalue weighted by atomic mass is 16.6. The third-order valence-electron chi connectivity index (χ3n) is 7.50. The normalized spacial score (nSPS) is 19.8. The molecule has 1 fully saturated rings. The highest BCUT2D eigenvalue weighted by molar-refractivity contribution is 5.85. The summed E-state index contributed by atoms with van der Waals surface area (Å²) >= 11 is 0. The van der Waals surface area contributed by atoms with Crippen LogP contribution in [0.1, 0.15) is 36.3 Å². The van der Waals surface area contributed by atoms with Gasteiger partial charge in [-0.1, -0.05) is 48.5 Å². The first-order valence-electron chi connectivity index (χ1n) is 14.6. The molecule has 1 aliphatic heterocycles. The predicted octanol–water partition coefficient (Wildman–Crippen LogP) is 2.29. The highest BCUT2D eigenvalue weighted by Gasteiger charge is 2.47. The summed E-state index contributed by atoms with van der Waals surface area (Å²) < 4.78 is 13.1. The number of nitrogens with one attached hydrogen (secondary N) is 2. The predicted molar refractivity (Wildman–Crippen MR) is 162 cm³/mol. The number of benzene rings is 1. The zero-order valence-corrected chi connectivity index (χ0v) is 24.2. The fourth-order valence-electron chi connectivity index (χ4n) is 5.13. The molecule has 6 rings (SSSR count). The maximum absolute atomic E-state index is 11.1. The Morgan fingerprint density at radius 1 is 0.977 bits per heavy atom. The van der Waals surface area contributed by atoms with Gasteiger partial charge < -0.3 is 40.1 Å². The lowest BCUT2D eigenvalue weighted by Crippen LogP contribution is -2.29. The number of rotatable bonds is 13. The Morgan fingerprint density at radius 3 is 2.55 bits per heavy atom. The Bertz CT molecular complexity index is 1650. The molecule has 1 aliphatic rings. The SMILES string of the molecule is CCc1cc([C@H]2O[C@@H](n3cnc4c(N(CO)CCc5ccccc5)nc(NCCNc5ccccn5)nc43)[C@H](O)[C@@H]2O)on1. The summed E-state index contributed by atoms with van der Waals surface area (Å²) in [6.45, 7) is 3.11. The molecule has 0 unspecified atom stereocenters. The van der Waals surface area contributed by atoms with E-state index in [0.29, 0.717) is 66.9 Å². The van der Waals surface area contributed by atoms with Crippen molar-refractivity contribution in [3.8, 4) is 0 Å². The maximum atomic E-state index is 11.1. The first-order valence-corrected chi connectivity index (χ1v) is 14.6. The molecule has 0 bridgehead atoms. The molecule has 4 aromatic heterocycles. The average Bonchev–Trinajstić information content (AvgIpc) is 3.78. The Labute approximate surface area is 253 Å². The summed E-state index contributed by atoms with van der Waals surface area (Å²) in [5.74, 6) is 1.78. The lowest BCUT2D eigenvalue weighted by atomic mass is 10.1. The number of anilines is 3. The van der Waals surface area contributed by atoms with Gasteiger partial charge in [-0.25, -0.2) is 9.97 Å². The molecule has 14 heteroatoms. The molecule has 0 aliphatic carbocycles. The summed E-state index contributed by atoms with van der Waals surface area (Å²) in [5, 5.41) is 42.8. The largest absolute Gasteiger partial charge is 0.387 e. The number of imidazole rings is 1. The summed E-state index contributed by atoms with van der Waals surface area (Å²) in [7, 11) is 0. The fourth-order valence-corrected chi connectivity index (χ4v) is 5.13. The third kappa shape index (κ3) is 6.19. The maximum Gasteiger partial charge on any atom is 0.226 e. The molecule has 14 nitrogen and oxygen atoms in total. The number of aromatic nitrogens is 6. The van der Waals surface area contributed by atoms with Crippen LogP contribution >= 0.6 is 0 Å². The van der Waals surface area contributed by atoms with Crippen LogP contribution in [0.4, 0.5) is 17.6 Å². The van der Waals surface area contributed by atoms with E-state index in [2.05, 4.69) is 25.8 Å². The molecule has 44 heavy (non-hydrogen) atoms. The van der Waals surface area contributed by atoms with Gasteiger partial charge in [0.2, 0.25) is 5.95 Å². The molecule has 5 heterocycles. The van der Waals surface area contributed by atoms with Crippen LogP contribution < -0.4 is 15.5 Å². The van der Waals surface area contributed by atoms with Crippen LogP contribution in [0.3, 0.4) is 0 Å². The topological polar surface area (TPSA) is 180 Å². The van der Waals surface area contributed by atoms with E-state index in [1.807, 2.05) is 55.5 Å². The van der Waals surface area contributed by atoms with Gasteiger partial charge in [0.1, 0.15) is 30.9 Å². The number of fused-ring (bicyclic) bond motifs is 1. The summed E-state index contributed by atoms with van der Waals surface area (Å²) in [6.07, 6.45) is -0.0138. The number of pyridine rings is 1. The van der Waals surface area contributed by atoms with Crippen LogP contribution in [0.25, 0.3) is 11.2 Å². The van der Waals surface area contributed by atoms with Gasteiger partial charge in [0, 0.05) is 31.9 Å². The van der Waals surface area contributed by atoms with Crippen LogP contribution in [-0.2, 0) is 17.6 Å². The number of nitrogens with zero attached hydrogens (tertiary/aromatic N) is 7. The van der Waals surface area contributed by atoms with Crippen molar-refractivity contribution in [2.45, 2.75) is 44.3 Å². The molecule has 230 valence electrons. The second-order valence-electron chi connectivity index (χ2n) is 10.4. The second-order valence-corrected chi connectivity index (χ2v) is 10.4. The molecular weight excluding hydrogens is 566 g/mol. The molecule has 5 aromatic rings. The van der Waals surface area contributed by atoms with E-state index >= 15 is 0 Å². The fraction of sp³-hybridized carbons (Fsp3) is 0.367. The van der Waals surface area contributed by atoms with Crippen molar-refractivity contribution >= 4 is 28.7 Å². The summed E-state index contributed by atoms with van der Waals surface area (Å²) in [5.41, 5.74) is 2.59. The quantitative estimate of drug-likeness (QED) is 0.0981. The van der Waals surface area contributed by atoms with E-state index in [1.54, 1.807) is 21.7 Å². The summed E-state index contributed by atoms with van der Waals surface area (Å²) in [4.78, 5) is 20.0. The van der Waals surface area contributed by atoms with Gasteiger partial charge >= 0.3 is 0 Å². The zero-order valence-electron chi connectivity index (χ0n) is 24.2. The molecule has 0 spiro atoms. The number of aliphatic hydroxyl groups excluding tert-OH is 3. The molecule has 5 N–H and O–H groups in total. The Morgan fingerprint density at radius 2 is 1.80 bits per heavy atom. The molecule has 0 amide bonds. The minimum atomic E-state index is -1.31. The van der Waals surface area contributed by atoms with E-state index in [4.69, 9.17) is 19.2 Å². The van der Waals surface area contributed by atoms with Crippen molar-refractivity contribution < 1.29 is 24.6 Å². The Hall–Kier alpha value is -4.63. The first kappa shape index (κ1) is 29.4. The van der Waals surface area contributed by atoms with Gasteiger partial charge in [0.25, 0.3) is 0 Å². The van der Waals surface area contributed by atoms with Crippen molar-refractivity contribution in [2.24, 2.45) is 0 Å².